The number of pyridine rings is 1. The summed E-state index contributed by atoms with van der Waals surface area (Å²) in [6.45, 7) is 5.06. The van der Waals surface area contributed by atoms with Gasteiger partial charge in [-0.05, 0) is 37.6 Å². The van der Waals surface area contributed by atoms with Crippen molar-refractivity contribution in [2.45, 2.75) is 32.4 Å². The van der Waals surface area contributed by atoms with Gasteiger partial charge in [-0.15, -0.1) is 0 Å². The van der Waals surface area contributed by atoms with Crippen molar-refractivity contribution in [2.75, 3.05) is 7.11 Å². The van der Waals surface area contributed by atoms with Crippen LogP contribution in [0.3, 0.4) is 0 Å². The number of ether oxygens (including phenoxy) is 1. The molecule has 0 aliphatic rings. The van der Waals surface area contributed by atoms with E-state index in [0.717, 1.165) is 18.6 Å². The smallest absolute Gasteiger partial charge is 0.140 e. The first kappa shape index (κ1) is 14.8. The molecule has 2 heterocycles. The molecule has 1 aromatic carbocycles. The molecule has 3 aromatic rings. The summed E-state index contributed by atoms with van der Waals surface area (Å²) in [5.74, 6) is 0. The number of aromatic nitrogens is 2. The fourth-order valence-corrected chi connectivity index (χ4v) is 2.74. The second-order valence-corrected chi connectivity index (χ2v) is 6.26. The van der Waals surface area contributed by atoms with Crippen LogP contribution in [0.2, 0.25) is 0 Å². The normalized spacial score (nSPS) is 12.0. The predicted molar refractivity (Wildman–Crippen MR) is 90.1 cm³/mol. The maximum absolute atomic E-state index is 5.61. The lowest BCUT2D eigenvalue weighted by Gasteiger charge is -2.23. The number of nitrogens with zero attached hydrogens (tertiary/aromatic N) is 2. The Bertz CT molecular complexity index is 759. The van der Waals surface area contributed by atoms with Crippen LogP contribution in [0.25, 0.3) is 11.0 Å². The van der Waals surface area contributed by atoms with Crippen LogP contribution in [0.4, 0.5) is 0 Å². The van der Waals surface area contributed by atoms with Crippen LogP contribution in [-0.2, 0) is 17.7 Å². The molecule has 0 amide bonds. The summed E-state index contributed by atoms with van der Waals surface area (Å²) in [7, 11) is 1.77. The van der Waals surface area contributed by atoms with Crippen molar-refractivity contribution < 1.29 is 4.74 Å². The molecule has 2 aromatic heterocycles. The number of rotatable bonds is 5. The first-order chi connectivity index (χ1) is 10.6. The zero-order chi connectivity index (χ0) is 15.6. The molecule has 0 saturated heterocycles. The molecular weight excluding hydrogens is 272 g/mol. The van der Waals surface area contributed by atoms with Crippen molar-refractivity contribution in [2.24, 2.45) is 0 Å². The Morgan fingerprint density at radius 3 is 2.59 bits per heavy atom. The van der Waals surface area contributed by atoms with Gasteiger partial charge >= 0.3 is 0 Å². The third-order valence-electron chi connectivity index (χ3n) is 4.08. The van der Waals surface area contributed by atoms with E-state index in [9.17, 15) is 0 Å². The molecule has 3 nitrogen and oxygen atoms in total. The third-order valence-corrected chi connectivity index (χ3v) is 4.08. The molecule has 0 N–H and O–H groups in total. The standard InChI is InChI=1S/C19H22N2O/c1-19(2,22-3)13-17-12-16-10-7-11-20-18(16)21(17)14-15-8-5-4-6-9-15/h4-12H,13-14H2,1-3H3. The molecule has 22 heavy (non-hydrogen) atoms. The molecule has 0 aliphatic carbocycles. The number of hydrogen-bond acceptors (Lipinski definition) is 2. The first-order valence-electron chi connectivity index (χ1n) is 7.61. The van der Waals surface area contributed by atoms with Crippen LogP contribution in [0.1, 0.15) is 25.1 Å². The van der Waals surface area contributed by atoms with Gasteiger partial charge in [-0.3, -0.25) is 0 Å². The Balaban J connectivity index is 2.05. The largest absolute Gasteiger partial charge is 0.378 e. The van der Waals surface area contributed by atoms with Crippen LogP contribution in [0, 0.1) is 0 Å². The van der Waals surface area contributed by atoms with E-state index in [1.165, 1.54) is 16.6 Å². The van der Waals surface area contributed by atoms with Crippen molar-refractivity contribution in [1.29, 1.82) is 0 Å². The Morgan fingerprint density at radius 1 is 1.09 bits per heavy atom. The molecular formula is C19H22N2O. The van der Waals surface area contributed by atoms with Gasteiger partial charge in [0.25, 0.3) is 0 Å². The number of fused-ring (bicyclic) bond motifs is 1. The zero-order valence-electron chi connectivity index (χ0n) is 13.4. The molecule has 0 unspecified atom stereocenters. The van der Waals surface area contributed by atoms with Gasteiger partial charge in [0, 0.05) is 37.4 Å². The van der Waals surface area contributed by atoms with E-state index in [1.54, 1.807) is 7.11 Å². The molecule has 0 aliphatic heterocycles. The fraction of sp³-hybridized carbons (Fsp3) is 0.316. The summed E-state index contributed by atoms with van der Waals surface area (Å²) in [6.07, 6.45) is 2.71. The van der Waals surface area contributed by atoms with E-state index < -0.39 is 0 Å². The maximum Gasteiger partial charge on any atom is 0.140 e. The minimum atomic E-state index is -0.192. The summed E-state index contributed by atoms with van der Waals surface area (Å²) < 4.78 is 7.91. The van der Waals surface area contributed by atoms with Gasteiger partial charge in [0.1, 0.15) is 5.65 Å². The highest BCUT2D eigenvalue weighted by atomic mass is 16.5. The molecule has 0 radical (unpaired) electrons. The Hall–Kier alpha value is -2.13. The van der Waals surface area contributed by atoms with E-state index in [1.807, 2.05) is 18.3 Å². The molecule has 0 fully saturated rings. The highest BCUT2D eigenvalue weighted by Gasteiger charge is 2.21. The van der Waals surface area contributed by atoms with Crippen LogP contribution in [0.15, 0.2) is 54.7 Å². The van der Waals surface area contributed by atoms with Crippen LogP contribution < -0.4 is 0 Å². The summed E-state index contributed by atoms with van der Waals surface area (Å²) in [4.78, 5) is 4.58. The zero-order valence-corrected chi connectivity index (χ0v) is 13.4. The van der Waals surface area contributed by atoms with E-state index >= 15 is 0 Å². The first-order valence-corrected chi connectivity index (χ1v) is 7.61. The number of benzene rings is 1. The number of methoxy groups -OCH3 is 1. The lowest BCUT2D eigenvalue weighted by atomic mass is 10.0. The van der Waals surface area contributed by atoms with Crippen molar-refractivity contribution >= 4 is 11.0 Å². The average molecular weight is 294 g/mol. The summed E-state index contributed by atoms with van der Waals surface area (Å²) >= 11 is 0. The van der Waals surface area contributed by atoms with Crippen molar-refractivity contribution in [3.8, 4) is 0 Å². The summed E-state index contributed by atoms with van der Waals surface area (Å²) in [6, 6.07) is 16.8. The lowest BCUT2D eigenvalue weighted by molar-refractivity contribution is 0.0219. The van der Waals surface area contributed by atoms with E-state index in [0.29, 0.717) is 0 Å². The van der Waals surface area contributed by atoms with E-state index in [-0.39, 0.29) is 5.60 Å². The minimum Gasteiger partial charge on any atom is -0.378 e. The quantitative estimate of drug-likeness (QED) is 0.710. The topological polar surface area (TPSA) is 27.1 Å². The lowest BCUT2D eigenvalue weighted by Crippen LogP contribution is -2.27. The van der Waals surface area contributed by atoms with Crippen molar-refractivity contribution in [3.63, 3.8) is 0 Å². The van der Waals surface area contributed by atoms with Gasteiger partial charge in [0.2, 0.25) is 0 Å². The Kier molecular flexibility index (Phi) is 3.99. The van der Waals surface area contributed by atoms with Crippen molar-refractivity contribution in [1.82, 2.24) is 9.55 Å². The predicted octanol–water partition coefficient (Wildman–Crippen LogP) is 4.05. The molecule has 114 valence electrons. The third kappa shape index (κ3) is 3.04. The van der Waals surface area contributed by atoms with Crippen LogP contribution >= 0.6 is 0 Å². The van der Waals surface area contributed by atoms with Gasteiger partial charge in [-0.1, -0.05) is 30.3 Å². The molecule has 0 bridgehead atoms. The second kappa shape index (κ2) is 5.93. The highest BCUT2D eigenvalue weighted by Crippen LogP contribution is 2.24. The van der Waals surface area contributed by atoms with E-state index in [4.69, 9.17) is 4.74 Å². The van der Waals surface area contributed by atoms with Crippen molar-refractivity contribution in [3.05, 3.63) is 66.0 Å². The highest BCUT2D eigenvalue weighted by molar-refractivity contribution is 5.77. The van der Waals surface area contributed by atoms with Gasteiger partial charge in [0.05, 0.1) is 5.60 Å². The average Bonchev–Trinajstić information content (AvgIpc) is 2.85. The van der Waals surface area contributed by atoms with Gasteiger partial charge in [-0.25, -0.2) is 4.98 Å². The van der Waals surface area contributed by atoms with Gasteiger partial charge in [0.15, 0.2) is 0 Å². The Labute approximate surface area is 131 Å². The van der Waals surface area contributed by atoms with Gasteiger partial charge < -0.3 is 9.30 Å². The van der Waals surface area contributed by atoms with Crippen LogP contribution in [-0.4, -0.2) is 22.3 Å². The monoisotopic (exact) mass is 294 g/mol. The molecule has 3 heteroatoms. The molecule has 0 spiro atoms. The fourth-order valence-electron chi connectivity index (χ4n) is 2.74. The second-order valence-electron chi connectivity index (χ2n) is 6.26. The molecule has 0 atom stereocenters. The minimum absolute atomic E-state index is 0.192. The molecule has 0 saturated carbocycles. The summed E-state index contributed by atoms with van der Waals surface area (Å²) in [5, 5.41) is 1.18. The Morgan fingerprint density at radius 2 is 1.86 bits per heavy atom. The summed E-state index contributed by atoms with van der Waals surface area (Å²) in [5.41, 5.74) is 3.38. The van der Waals surface area contributed by atoms with Gasteiger partial charge in [-0.2, -0.15) is 0 Å². The maximum atomic E-state index is 5.61. The number of hydrogen-bond donors (Lipinski definition) is 0. The van der Waals surface area contributed by atoms with Crippen LogP contribution in [0.5, 0.6) is 0 Å². The SMILES string of the molecule is COC(C)(C)Cc1cc2cccnc2n1Cc1ccccc1. The molecule has 3 rings (SSSR count). The van der Waals surface area contributed by atoms with E-state index in [2.05, 4.69) is 59.8 Å².